The van der Waals surface area contributed by atoms with Crippen molar-refractivity contribution >= 4 is 11.8 Å². The molecule has 3 saturated heterocycles. The number of piperidine rings is 1. The predicted molar refractivity (Wildman–Crippen MR) is 96.2 cm³/mol. The highest BCUT2D eigenvalue weighted by Crippen LogP contribution is 2.33. The van der Waals surface area contributed by atoms with Gasteiger partial charge in [-0.05, 0) is 49.8 Å². The number of nitrogens with zero attached hydrogens (tertiary/aromatic N) is 2. The molecule has 1 aromatic rings. The summed E-state index contributed by atoms with van der Waals surface area (Å²) in [6.45, 7) is 2.16. The molecule has 0 saturated carbocycles. The molecular weight excluding hydrogens is 333 g/mol. The highest BCUT2D eigenvalue weighted by Gasteiger charge is 2.35. The number of hydrogen-bond donors (Lipinski definition) is 1. The Labute approximate surface area is 153 Å². The van der Waals surface area contributed by atoms with Gasteiger partial charge >= 0.3 is 0 Å². The highest BCUT2D eigenvalue weighted by molar-refractivity contribution is 5.94. The number of carbonyl (C=O) groups excluding carboxylic acids is 2. The molecule has 2 bridgehead atoms. The van der Waals surface area contributed by atoms with E-state index in [9.17, 15) is 14.0 Å². The lowest BCUT2D eigenvalue weighted by molar-refractivity contribution is -0.134. The number of halogens is 1. The number of hydrogen-bond acceptors (Lipinski definition) is 3. The Bertz CT molecular complexity index is 675. The molecule has 3 aliphatic rings. The van der Waals surface area contributed by atoms with E-state index >= 15 is 0 Å². The minimum atomic E-state index is -0.402. The summed E-state index contributed by atoms with van der Waals surface area (Å²) in [6.07, 6.45) is 5.35. The maximum atomic E-state index is 13.3. The van der Waals surface area contributed by atoms with Gasteiger partial charge in [-0.2, -0.15) is 0 Å². The molecule has 1 N–H and O–H groups in total. The molecule has 0 aromatic heterocycles. The fourth-order valence-corrected chi connectivity index (χ4v) is 4.68. The molecule has 26 heavy (non-hydrogen) atoms. The summed E-state index contributed by atoms with van der Waals surface area (Å²) >= 11 is 0. The van der Waals surface area contributed by atoms with Gasteiger partial charge in [-0.15, -0.1) is 0 Å². The van der Waals surface area contributed by atoms with Crippen LogP contribution in [-0.4, -0.2) is 59.9 Å². The molecule has 0 aliphatic carbocycles. The molecule has 0 spiro atoms. The SMILES string of the molecule is O=C(CC1CC2CCC(C1)N2)N1CCN(C(=O)c2cccc(F)c2)CC1. The number of benzene rings is 1. The van der Waals surface area contributed by atoms with Crippen molar-refractivity contribution in [3.63, 3.8) is 0 Å². The smallest absolute Gasteiger partial charge is 0.254 e. The van der Waals surface area contributed by atoms with Gasteiger partial charge in [0.1, 0.15) is 5.82 Å². The zero-order valence-electron chi connectivity index (χ0n) is 15.0. The Morgan fingerprint density at radius 2 is 1.69 bits per heavy atom. The van der Waals surface area contributed by atoms with Crippen LogP contribution in [0.1, 0.15) is 42.5 Å². The molecule has 140 valence electrons. The van der Waals surface area contributed by atoms with E-state index in [0.29, 0.717) is 56.2 Å². The third-order valence-corrected chi connectivity index (χ3v) is 6.03. The highest BCUT2D eigenvalue weighted by atomic mass is 19.1. The lowest BCUT2D eigenvalue weighted by Gasteiger charge is -2.36. The Hall–Kier alpha value is -1.95. The van der Waals surface area contributed by atoms with E-state index < -0.39 is 5.82 Å². The van der Waals surface area contributed by atoms with Crippen LogP contribution in [0, 0.1) is 11.7 Å². The van der Waals surface area contributed by atoms with Crippen LogP contribution in [0.3, 0.4) is 0 Å². The molecular formula is C20H26FN3O2. The van der Waals surface area contributed by atoms with Crippen LogP contribution in [0.4, 0.5) is 4.39 Å². The summed E-state index contributed by atoms with van der Waals surface area (Å²) in [5.74, 6) is 0.148. The molecule has 2 unspecified atom stereocenters. The molecule has 3 fully saturated rings. The van der Waals surface area contributed by atoms with E-state index in [1.54, 1.807) is 17.0 Å². The van der Waals surface area contributed by atoms with Crippen LogP contribution in [-0.2, 0) is 4.79 Å². The number of rotatable bonds is 3. The minimum absolute atomic E-state index is 0.161. The van der Waals surface area contributed by atoms with Crippen molar-refractivity contribution in [3.05, 3.63) is 35.6 Å². The summed E-state index contributed by atoms with van der Waals surface area (Å²) in [5.41, 5.74) is 0.370. The molecule has 6 heteroatoms. The predicted octanol–water partition coefficient (Wildman–Crippen LogP) is 2.03. The van der Waals surface area contributed by atoms with E-state index in [1.165, 1.54) is 25.0 Å². The first kappa shape index (κ1) is 17.5. The van der Waals surface area contributed by atoms with Crippen LogP contribution >= 0.6 is 0 Å². The average Bonchev–Trinajstić information content (AvgIpc) is 2.99. The summed E-state index contributed by atoms with van der Waals surface area (Å²) in [6, 6.07) is 6.99. The normalized spacial score (nSPS) is 28.3. The second-order valence-electron chi connectivity index (χ2n) is 7.86. The maximum Gasteiger partial charge on any atom is 0.254 e. The number of fused-ring (bicyclic) bond motifs is 2. The molecule has 3 aliphatic heterocycles. The lowest BCUT2D eigenvalue weighted by atomic mass is 9.89. The molecule has 3 heterocycles. The Balaban J connectivity index is 1.28. The van der Waals surface area contributed by atoms with E-state index in [-0.39, 0.29) is 11.8 Å². The quantitative estimate of drug-likeness (QED) is 0.899. The number of carbonyl (C=O) groups is 2. The van der Waals surface area contributed by atoms with Crippen molar-refractivity contribution in [1.29, 1.82) is 0 Å². The summed E-state index contributed by atoms with van der Waals surface area (Å²) in [5, 5.41) is 3.62. The second-order valence-corrected chi connectivity index (χ2v) is 7.86. The van der Waals surface area contributed by atoms with Crippen molar-refractivity contribution in [1.82, 2.24) is 15.1 Å². The summed E-state index contributed by atoms with van der Waals surface area (Å²) < 4.78 is 13.3. The fourth-order valence-electron chi connectivity index (χ4n) is 4.68. The Morgan fingerprint density at radius 1 is 1.04 bits per heavy atom. The monoisotopic (exact) mass is 359 g/mol. The molecule has 2 atom stereocenters. The van der Waals surface area contributed by atoms with Crippen molar-refractivity contribution < 1.29 is 14.0 Å². The average molecular weight is 359 g/mol. The van der Waals surface area contributed by atoms with Gasteiger partial charge in [0, 0.05) is 50.2 Å². The largest absolute Gasteiger partial charge is 0.339 e. The minimum Gasteiger partial charge on any atom is -0.339 e. The fraction of sp³-hybridized carbons (Fsp3) is 0.600. The van der Waals surface area contributed by atoms with Crippen LogP contribution in [0.15, 0.2) is 24.3 Å². The first-order chi connectivity index (χ1) is 12.6. The van der Waals surface area contributed by atoms with Crippen LogP contribution < -0.4 is 5.32 Å². The van der Waals surface area contributed by atoms with Gasteiger partial charge in [-0.25, -0.2) is 4.39 Å². The molecule has 5 nitrogen and oxygen atoms in total. The van der Waals surface area contributed by atoms with Gasteiger partial charge in [0.15, 0.2) is 0 Å². The number of amides is 2. The third-order valence-electron chi connectivity index (χ3n) is 6.03. The summed E-state index contributed by atoms with van der Waals surface area (Å²) in [7, 11) is 0. The van der Waals surface area contributed by atoms with Gasteiger partial charge in [0.2, 0.25) is 5.91 Å². The summed E-state index contributed by atoms with van der Waals surface area (Å²) in [4.78, 5) is 28.7. The van der Waals surface area contributed by atoms with Gasteiger partial charge < -0.3 is 15.1 Å². The molecule has 1 aromatic carbocycles. The Morgan fingerprint density at radius 3 is 2.35 bits per heavy atom. The molecule has 4 rings (SSSR count). The molecule has 0 radical (unpaired) electrons. The zero-order chi connectivity index (χ0) is 18.1. The first-order valence-electron chi connectivity index (χ1n) is 9.67. The molecule has 2 amide bonds. The lowest BCUT2D eigenvalue weighted by Crippen LogP contribution is -2.51. The van der Waals surface area contributed by atoms with E-state index in [0.717, 1.165) is 12.8 Å². The van der Waals surface area contributed by atoms with E-state index in [2.05, 4.69) is 5.32 Å². The number of piperazine rings is 1. The second kappa shape index (κ2) is 7.35. The van der Waals surface area contributed by atoms with Gasteiger partial charge in [-0.1, -0.05) is 6.07 Å². The number of nitrogens with one attached hydrogen (secondary N) is 1. The van der Waals surface area contributed by atoms with Gasteiger partial charge in [0.25, 0.3) is 5.91 Å². The van der Waals surface area contributed by atoms with Crippen molar-refractivity contribution in [2.75, 3.05) is 26.2 Å². The van der Waals surface area contributed by atoms with Crippen molar-refractivity contribution in [2.24, 2.45) is 5.92 Å². The topological polar surface area (TPSA) is 52.7 Å². The van der Waals surface area contributed by atoms with Crippen LogP contribution in [0.5, 0.6) is 0 Å². The van der Waals surface area contributed by atoms with E-state index in [1.807, 2.05) is 4.90 Å². The third kappa shape index (κ3) is 3.75. The van der Waals surface area contributed by atoms with Gasteiger partial charge in [0.05, 0.1) is 0 Å². The van der Waals surface area contributed by atoms with Crippen molar-refractivity contribution in [3.8, 4) is 0 Å². The standard InChI is InChI=1S/C20H26FN3O2/c21-16-3-1-2-15(13-16)20(26)24-8-6-23(7-9-24)19(25)12-14-10-17-4-5-18(11-14)22-17/h1-3,13-14,17-18,22H,4-12H2. The zero-order valence-corrected chi connectivity index (χ0v) is 15.0. The van der Waals surface area contributed by atoms with Crippen LogP contribution in [0.2, 0.25) is 0 Å². The van der Waals surface area contributed by atoms with Gasteiger partial charge in [-0.3, -0.25) is 9.59 Å². The first-order valence-corrected chi connectivity index (χ1v) is 9.67. The maximum absolute atomic E-state index is 13.3. The van der Waals surface area contributed by atoms with Crippen LogP contribution in [0.25, 0.3) is 0 Å². The Kier molecular flexibility index (Phi) is 4.94. The van der Waals surface area contributed by atoms with E-state index in [4.69, 9.17) is 0 Å². The van der Waals surface area contributed by atoms with Crippen molar-refractivity contribution in [2.45, 2.75) is 44.2 Å².